The fourth-order valence-corrected chi connectivity index (χ4v) is 3.29. The molecule has 3 nitrogen and oxygen atoms in total. The Hall–Kier alpha value is -2.64. The molecule has 0 amide bonds. The zero-order valence-corrected chi connectivity index (χ0v) is 14.7. The molecule has 0 radical (unpaired) electrons. The van der Waals surface area contributed by atoms with Crippen LogP contribution in [0, 0.1) is 11.3 Å². The summed E-state index contributed by atoms with van der Waals surface area (Å²) in [5, 5.41) is 11.6. The summed E-state index contributed by atoms with van der Waals surface area (Å²) in [6, 6.07) is 16.6. The second-order valence-electron chi connectivity index (χ2n) is 5.81. The summed E-state index contributed by atoms with van der Waals surface area (Å²) in [7, 11) is 1.55. The topological polar surface area (TPSA) is 45.9 Å². The number of rotatable bonds is 4. The maximum atomic E-state index is 9.59. The van der Waals surface area contributed by atoms with E-state index in [0.29, 0.717) is 17.4 Å². The molecule has 2 heterocycles. The van der Waals surface area contributed by atoms with Crippen LogP contribution in [0.15, 0.2) is 47.8 Å². The quantitative estimate of drug-likeness (QED) is 0.634. The minimum absolute atomic E-state index is 0.367. The van der Waals surface area contributed by atoms with Crippen LogP contribution < -0.4 is 4.74 Å². The summed E-state index contributed by atoms with van der Waals surface area (Å²) >= 11 is 1.62. The largest absolute Gasteiger partial charge is 0.480 e. The van der Waals surface area contributed by atoms with Crippen molar-refractivity contribution in [3.05, 3.63) is 59.0 Å². The van der Waals surface area contributed by atoms with Gasteiger partial charge < -0.3 is 4.74 Å². The first kappa shape index (κ1) is 16.2. The summed E-state index contributed by atoms with van der Waals surface area (Å²) < 4.78 is 5.37. The molecule has 0 aliphatic heterocycles. The van der Waals surface area contributed by atoms with Crippen LogP contribution >= 0.6 is 11.3 Å². The number of nitriles is 1. The maximum absolute atomic E-state index is 9.59. The predicted octanol–water partition coefficient (Wildman–Crippen LogP) is 5.48. The van der Waals surface area contributed by atoms with Gasteiger partial charge in [-0.3, -0.25) is 0 Å². The molecule has 0 unspecified atom stereocenters. The molecule has 3 rings (SSSR count). The number of hydrogen-bond acceptors (Lipinski definition) is 4. The van der Waals surface area contributed by atoms with Gasteiger partial charge in [-0.1, -0.05) is 44.2 Å². The van der Waals surface area contributed by atoms with Crippen LogP contribution in [0.1, 0.15) is 30.9 Å². The summed E-state index contributed by atoms with van der Waals surface area (Å²) in [5.74, 6) is 0.842. The lowest BCUT2D eigenvalue weighted by atomic mass is 9.96. The number of pyridine rings is 1. The molecular weight excluding hydrogens is 316 g/mol. The van der Waals surface area contributed by atoms with E-state index in [0.717, 1.165) is 21.7 Å². The molecule has 0 atom stereocenters. The third-order valence-corrected chi connectivity index (χ3v) is 4.85. The molecule has 0 spiro atoms. The smallest absolute Gasteiger partial charge is 0.232 e. The molecule has 0 fully saturated rings. The van der Waals surface area contributed by atoms with Gasteiger partial charge in [-0.25, -0.2) is 4.98 Å². The Morgan fingerprint density at radius 1 is 1.17 bits per heavy atom. The maximum Gasteiger partial charge on any atom is 0.232 e. The van der Waals surface area contributed by atoms with Crippen molar-refractivity contribution in [1.82, 2.24) is 4.98 Å². The third kappa shape index (κ3) is 3.04. The highest BCUT2D eigenvalue weighted by Gasteiger charge is 2.16. The number of thiophene rings is 1. The molecule has 4 heteroatoms. The average molecular weight is 334 g/mol. The van der Waals surface area contributed by atoms with E-state index in [9.17, 15) is 5.26 Å². The summed E-state index contributed by atoms with van der Waals surface area (Å²) in [4.78, 5) is 5.56. The zero-order chi connectivity index (χ0) is 17.1. The predicted molar refractivity (Wildman–Crippen MR) is 98.3 cm³/mol. The molecular formula is C20H18N2OS. The Balaban J connectivity index is 2.18. The first-order valence-electron chi connectivity index (χ1n) is 7.77. The van der Waals surface area contributed by atoms with Crippen molar-refractivity contribution >= 4 is 11.3 Å². The number of ether oxygens (including phenoxy) is 1. The molecule has 1 aromatic carbocycles. The Labute approximate surface area is 146 Å². The monoisotopic (exact) mass is 334 g/mol. The number of methoxy groups -OCH3 is 1. The van der Waals surface area contributed by atoms with E-state index in [1.54, 1.807) is 18.4 Å². The Morgan fingerprint density at radius 2 is 1.92 bits per heavy atom. The number of nitrogens with zero attached hydrogens (tertiary/aromatic N) is 2. The van der Waals surface area contributed by atoms with Crippen molar-refractivity contribution in [2.24, 2.45) is 0 Å². The van der Waals surface area contributed by atoms with Crippen LogP contribution in [0.3, 0.4) is 0 Å². The van der Waals surface area contributed by atoms with Gasteiger partial charge in [0.05, 0.1) is 17.7 Å². The molecule has 0 bridgehead atoms. The molecule has 120 valence electrons. The minimum atomic E-state index is 0.367. The summed E-state index contributed by atoms with van der Waals surface area (Å²) in [5.41, 5.74) is 4.41. The molecule has 3 aromatic rings. The van der Waals surface area contributed by atoms with E-state index < -0.39 is 0 Å². The Morgan fingerprint density at radius 3 is 2.46 bits per heavy atom. The third-order valence-electron chi connectivity index (χ3n) is 3.95. The number of benzene rings is 1. The van der Waals surface area contributed by atoms with Gasteiger partial charge in [0.25, 0.3) is 0 Å². The van der Waals surface area contributed by atoms with Gasteiger partial charge in [0.2, 0.25) is 5.88 Å². The lowest BCUT2D eigenvalue weighted by Crippen LogP contribution is -1.97. The van der Waals surface area contributed by atoms with Crippen LogP contribution in [0.4, 0.5) is 0 Å². The first-order valence-corrected chi connectivity index (χ1v) is 8.65. The normalized spacial score (nSPS) is 10.6. The molecule has 0 aliphatic carbocycles. The van der Waals surface area contributed by atoms with E-state index in [1.807, 2.05) is 23.6 Å². The first-order chi connectivity index (χ1) is 11.6. The van der Waals surface area contributed by atoms with Crippen molar-refractivity contribution in [3.63, 3.8) is 0 Å². The van der Waals surface area contributed by atoms with Gasteiger partial charge in [-0.15, -0.1) is 11.3 Å². The van der Waals surface area contributed by atoms with E-state index in [2.05, 4.69) is 49.2 Å². The zero-order valence-electron chi connectivity index (χ0n) is 13.9. The SMILES string of the molecule is COc1nc(-c2cccs2)cc(-c2ccc(C(C)C)cc2)c1C#N. The van der Waals surface area contributed by atoms with Crippen molar-refractivity contribution < 1.29 is 4.74 Å². The van der Waals surface area contributed by atoms with E-state index in [4.69, 9.17) is 4.74 Å². The van der Waals surface area contributed by atoms with Gasteiger partial charge >= 0.3 is 0 Å². The molecule has 0 N–H and O–H groups in total. The van der Waals surface area contributed by atoms with Crippen LogP contribution in [-0.2, 0) is 0 Å². The minimum Gasteiger partial charge on any atom is -0.480 e. The lowest BCUT2D eigenvalue weighted by Gasteiger charge is -2.12. The Bertz CT molecular complexity index is 875. The van der Waals surface area contributed by atoms with E-state index >= 15 is 0 Å². The average Bonchev–Trinajstić information content (AvgIpc) is 3.15. The second kappa shape index (κ2) is 6.86. The summed E-state index contributed by atoms with van der Waals surface area (Å²) in [6.45, 7) is 4.33. The molecule has 0 aliphatic rings. The standard InChI is InChI=1S/C20H18N2OS/c1-13(2)14-6-8-15(9-7-14)16-11-18(19-5-4-10-24-19)22-20(23-3)17(16)12-21/h4-11,13H,1-3H3. The van der Waals surface area contributed by atoms with Crippen molar-refractivity contribution in [2.45, 2.75) is 19.8 Å². The number of hydrogen-bond donors (Lipinski definition) is 0. The highest BCUT2D eigenvalue weighted by Crippen LogP contribution is 2.35. The van der Waals surface area contributed by atoms with Gasteiger partial charge in [-0.2, -0.15) is 5.26 Å². The lowest BCUT2D eigenvalue weighted by molar-refractivity contribution is 0.397. The fourth-order valence-electron chi connectivity index (χ4n) is 2.60. The van der Waals surface area contributed by atoms with Crippen molar-refractivity contribution in [2.75, 3.05) is 7.11 Å². The molecule has 24 heavy (non-hydrogen) atoms. The molecule has 2 aromatic heterocycles. The second-order valence-corrected chi connectivity index (χ2v) is 6.75. The van der Waals surface area contributed by atoms with Crippen molar-refractivity contribution in [1.29, 1.82) is 5.26 Å². The van der Waals surface area contributed by atoms with Gasteiger partial charge in [-0.05, 0) is 34.6 Å². The van der Waals surface area contributed by atoms with Crippen LogP contribution in [-0.4, -0.2) is 12.1 Å². The van der Waals surface area contributed by atoms with Crippen LogP contribution in [0.2, 0.25) is 0 Å². The molecule has 0 saturated heterocycles. The Kier molecular flexibility index (Phi) is 4.64. The number of aromatic nitrogens is 1. The molecule has 0 saturated carbocycles. The van der Waals surface area contributed by atoms with Gasteiger partial charge in [0.1, 0.15) is 11.6 Å². The van der Waals surface area contributed by atoms with E-state index in [1.165, 1.54) is 5.56 Å². The van der Waals surface area contributed by atoms with Crippen LogP contribution in [0.5, 0.6) is 5.88 Å². The fraction of sp³-hybridized carbons (Fsp3) is 0.200. The van der Waals surface area contributed by atoms with Gasteiger partial charge in [0, 0.05) is 5.56 Å². The van der Waals surface area contributed by atoms with Crippen LogP contribution in [0.25, 0.3) is 21.7 Å². The van der Waals surface area contributed by atoms with Gasteiger partial charge in [0.15, 0.2) is 0 Å². The highest BCUT2D eigenvalue weighted by molar-refractivity contribution is 7.13. The highest BCUT2D eigenvalue weighted by atomic mass is 32.1. The van der Waals surface area contributed by atoms with E-state index in [-0.39, 0.29) is 0 Å². The summed E-state index contributed by atoms with van der Waals surface area (Å²) in [6.07, 6.45) is 0. The van der Waals surface area contributed by atoms with Crippen molar-refractivity contribution in [3.8, 4) is 33.6 Å².